The van der Waals surface area contributed by atoms with Crippen molar-refractivity contribution in [3.05, 3.63) is 89.6 Å². The molecule has 0 aliphatic rings. The maximum absolute atomic E-state index is 12.5. The van der Waals surface area contributed by atoms with E-state index in [2.05, 4.69) is 65.0 Å². The number of nitrogens with zero attached hydrogens (tertiary/aromatic N) is 1. The van der Waals surface area contributed by atoms with Gasteiger partial charge in [0, 0.05) is 9.86 Å². The third-order valence-corrected chi connectivity index (χ3v) is 6.82. The van der Waals surface area contributed by atoms with E-state index in [-0.39, 0.29) is 17.9 Å². The summed E-state index contributed by atoms with van der Waals surface area (Å²) < 4.78 is 19.4. The number of fused-ring (bicyclic) bond motifs is 1. The normalized spacial score (nSPS) is 11.1. The average molecular weight is 728 g/mol. The maximum atomic E-state index is 12.5. The first-order chi connectivity index (χ1) is 17.2. The number of hydrazone groups is 1. The second-order valence-electron chi connectivity index (χ2n) is 7.44. The lowest BCUT2D eigenvalue weighted by molar-refractivity contribution is 0.0696. The molecule has 36 heavy (non-hydrogen) atoms. The number of amides is 1. The molecule has 0 saturated carbocycles. The van der Waals surface area contributed by atoms with Gasteiger partial charge in [-0.1, -0.05) is 28.1 Å². The summed E-state index contributed by atoms with van der Waals surface area (Å²) in [6, 6.07) is 15.4. The fourth-order valence-corrected chi connectivity index (χ4v) is 5.38. The Morgan fingerprint density at radius 1 is 1.14 bits per heavy atom. The SMILES string of the molecule is COc1cc(/C=N\NC(=O)c2cc3cc(Br)cc(Br)c3o2)cc(I)c1OCc1ccc(C(=O)O)cc1. The number of hydrogen-bond donors (Lipinski definition) is 2. The standard InChI is InChI=1S/C25H17Br2IN2O6/c1-34-20-7-14(6-19(28)23(20)35-12-13-2-4-15(5-3-13)25(32)33)11-29-30-24(31)21-9-16-8-17(26)10-18(27)22(16)36-21/h2-11H,12H2,1H3,(H,30,31)(H,32,33)/b29-11-. The average Bonchev–Trinajstić information content (AvgIpc) is 3.28. The summed E-state index contributed by atoms with van der Waals surface area (Å²) in [6.07, 6.45) is 1.49. The number of hydrogen-bond acceptors (Lipinski definition) is 6. The van der Waals surface area contributed by atoms with Crippen LogP contribution in [-0.4, -0.2) is 30.3 Å². The Morgan fingerprint density at radius 2 is 1.89 bits per heavy atom. The molecular weight excluding hydrogens is 711 g/mol. The smallest absolute Gasteiger partial charge is 0.335 e. The molecule has 0 aliphatic carbocycles. The highest BCUT2D eigenvalue weighted by molar-refractivity contribution is 14.1. The van der Waals surface area contributed by atoms with Crippen LogP contribution in [0.2, 0.25) is 0 Å². The van der Waals surface area contributed by atoms with Gasteiger partial charge in [0.1, 0.15) is 12.2 Å². The predicted molar refractivity (Wildman–Crippen MR) is 150 cm³/mol. The summed E-state index contributed by atoms with van der Waals surface area (Å²) in [5.41, 5.74) is 4.75. The van der Waals surface area contributed by atoms with Crippen LogP contribution in [0.3, 0.4) is 0 Å². The van der Waals surface area contributed by atoms with Gasteiger partial charge in [-0.05, 0) is 92.1 Å². The van der Waals surface area contributed by atoms with Crippen molar-refractivity contribution in [2.75, 3.05) is 7.11 Å². The number of aromatic carboxylic acids is 1. The van der Waals surface area contributed by atoms with Crippen molar-refractivity contribution >= 4 is 83.5 Å². The van der Waals surface area contributed by atoms with Crippen LogP contribution in [0.15, 0.2) is 73.1 Å². The Bertz CT molecular complexity index is 1480. The molecule has 0 unspecified atom stereocenters. The van der Waals surface area contributed by atoms with Crippen molar-refractivity contribution in [3.63, 3.8) is 0 Å². The zero-order valence-corrected chi connectivity index (χ0v) is 23.9. The molecule has 11 heteroatoms. The zero-order valence-electron chi connectivity index (χ0n) is 18.6. The monoisotopic (exact) mass is 726 g/mol. The summed E-state index contributed by atoms with van der Waals surface area (Å²) in [6.45, 7) is 0.236. The van der Waals surface area contributed by atoms with Crippen LogP contribution < -0.4 is 14.9 Å². The van der Waals surface area contributed by atoms with Gasteiger partial charge >= 0.3 is 11.9 Å². The molecule has 1 aromatic heterocycles. The van der Waals surface area contributed by atoms with Crippen molar-refractivity contribution in [3.8, 4) is 11.5 Å². The number of benzene rings is 3. The first-order valence-electron chi connectivity index (χ1n) is 10.3. The van der Waals surface area contributed by atoms with Crippen LogP contribution in [0.4, 0.5) is 0 Å². The van der Waals surface area contributed by atoms with Crippen molar-refractivity contribution in [1.82, 2.24) is 5.43 Å². The van der Waals surface area contributed by atoms with Gasteiger partial charge in [0.15, 0.2) is 17.3 Å². The number of carbonyl (C=O) groups is 2. The number of nitrogens with one attached hydrogen (secondary N) is 1. The van der Waals surface area contributed by atoms with Crippen molar-refractivity contribution < 1.29 is 28.6 Å². The number of halogens is 3. The van der Waals surface area contributed by atoms with Crippen molar-refractivity contribution in [2.45, 2.75) is 6.61 Å². The molecule has 0 atom stereocenters. The second-order valence-corrected chi connectivity index (χ2v) is 10.4. The molecule has 4 rings (SSSR count). The number of carboxylic acids is 1. The number of methoxy groups -OCH3 is 1. The van der Waals surface area contributed by atoms with E-state index < -0.39 is 11.9 Å². The highest BCUT2D eigenvalue weighted by Crippen LogP contribution is 2.34. The number of carbonyl (C=O) groups excluding carboxylic acids is 1. The molecule has 0 radical (unpaired) electrons. The molecule has 0 fully saturated rings. The lowest BCUT2D eigenvalue weighted by Crippen LogP contribution is -2.16. The molecule has 1 heterocycles. The molecule has 0 bridgehead atoms. The Labute approximate surface area is 236 Å². The van der Waals surface area contributed by atoms with E-state index in [1.165, 1.54) is 25.5 Å². The third kappa shape index (κ3) is 6.08. The highest BCUT2D eigenvalue weighted by atomic mass is 127. The van der Waals surface area contributed by atoms with Crippen LogP contribution >= 0.6 is 54.5 Å². The molecule has 2 N–H and O–H groups in total. The molecule has 4 aromatic rings. The molecule has 0 saturated heterocycles. The summed E-state index contributed by atoms with van der Waals surface area (Å²) in [5.74, 6) is -0.301. The highest BCUT2D eigenvalue weighted by Gasteiger charge is 2.15. The summed E-state index contributed by atoms with van der Waals surface area (Å²) in [4.78, 5) is 23.5. The van der Waals surface area contributed by atoms with Crippen LogP contribution in [0.25, 0.3) is 11.0 Å². The van der Waals surface area contributed by atoms with E-state index >= 15 is 0 Å². The molecule has 184 valence electrons. The molecule has 0 spiro atoms. The second kappa shape index (κ2) is 11.4. The lowest BCUT2D eigenvalue weighted by atomic mass is 10.1. The molecular formula is C25H17Br2IN2O6. The van der Waals surface area contributed by atoms with E-state index in [9.17, 15) is 9.59 Å². The predicted octanol–water partition coefficient (Wildman–Crippen LogP) is 6.61. The Morgan fingerprint density at radius 3 is 2.58 bits per heavy atom. The van der Waals surface area contributed by atoms with Crippen LogP contribution in [0.5, 0.6) is 11.5 Å². The number of furan rings is 1. The maximum Gasteiger partial charge on any atom is 0.335 e. The molecule has 1 amide bonds. The van der Waals surface area contributed by atoms with Gasteiger partial charge in [-0.15, -0.1) is 0 Å². The van der Waals surface area contributed by atoms with E-state index in [1.54, 1.807) is 24.3 Å². The zero-order chi connectivity index (χ0) is 25.8. The lowest BCUT2D eigenvalue weighted by Gasteiger charge is -2.13. The van der Waals surface area contributed by atoms with E-state index in [0.717, 1.165) is 23.5 Å². The Hall–Kier alpha value is -2.90. The van der Waals surface area contributed by atoms with E-state index in [4.69, 9.17) is 19.0 Å². The quantitative estimate of drug-likeness (QED) is 0.120. The van der Waals surface area contributed by atoms with Gasteiger partial charge in [-0.2, -0.15) is 5.10 Å². The van der Waals surface area contributed by atoms with E-state index in [0.29, 0.717) is 22.6 Å². The van der Waals surface area contributed by atoms with Crippen LogP contribution in [0.1, 0.15) is 32.0 Å². The fraction of sp³-hybridized carbons (Fsp3) is 0.0800. The van der Waals surface area contributed by atoms with Crippen molar-refractivity contribution in [2.24, 2.45) is 5.10 Å². The Kier molecular flexibility index (Phi) is 8.32. The van der Waals surface area contributed by atoms with E-state index in [1.807, 2.05) is 18.2 Å². The first-order valence-corrected chi connectivity index (χ1v) is 13.0. The summed E-state index contributed by atoms with van der Waals surface area (Å²) in [7, 11) is 1.53. The minimum atomic E-state index is -0.981. The largest absolute Gasteiger partial charge is 0.493 e. The first kappa shape index (κ1) is 26.2. The van der Waals surface area contributed by atoms with Crippen LogP contribution in [0, 0.1) is 3.57 Å². The minimum absolute atomic E-state index is 0.133. The summed E-state index contributed by atoms with van der Waals surface area (Å²) >= 11 is 8.96. The molecule has 8 nitrogen and oxygen atoms in total. The van der Waals surface area contributed by atoms with Gasteiger partial charge in [0.25, 0.3) is 0 Å². The molecule has 3 aromatic carbocycles. The number of ether oxygens (including phenoxy) is 2. The van der Waals surface area contributed by atoms with Crippen molar-refractivity contribution in [1.29, 1.82) is 0 Å². The Balaban J connectivity index is 1.44. The summed E-state index contributed by atoms with van der Waals surface area (Å²) in [5, 5.41) is 13.8. The fourth-order valence-electron chi connectivity index (χ4n) is 3.26. The minimum Gasteiger partial charge on any atom is -0.493 e. The van der Waals surface area contributed by atoms with Gasteiger partial charge in [0.2, 0.25) is 0 Å². The van der Waals surface area contributed by atoms with Gasteiger partial charge in [-0.25, -0.2) is 10.2 Å². The van der Waals surface area contributed by atoms with Gasteiger partial charge in [-0.3, -0.25) is 4.79 Å². The van der Waals surface area contributed by atoms with Gasteiger partial charge in [0.05, 0.1) is 26.9 Å². The number of rotatable bonds is 8. The third-order valence-electron chi connectivity index (χ3n) is 4.98. The van der Waals surface area contributed by atoms with Crippen LogP contribution in [-0.2, 0) is 6.61 Å². The topological polar surface area (TPSA) is 110 Å². The molecule has 0 aliphatic heterocycles. The van der Waals surface area contributed by atoms with Gasteiger partial charge < -0.3 is 19.0 Å². The number of carboxylic acid groups (broad SMARTS) is 1.